The highest BCUT2D eigenvalue weighted by atomic mass is 35.5. The highest BCUT2D eigenvalue weighted by Crippen LogP contribution is 2.36. The zero-order valence-electron chi connectivity index (χ0n) is 12.2. The monoisotopic (exact) mass is 340 g/mol. The van der Waals surface area contributed by atoms with E-state index < -0.39 is 5.97 Å². The number of halogens is 2. The summed E-state index contributed by atoms with van der Waals surface area (Å²) in [5, 5.41) is 9.11. The normalized spacial score (nSPS) is 10.2. The predicted molar refractivity (Wildman–Crippen MR) is 82.4 cm³/mol. The van der Waals surface area contributed by atoms with E-state index in [2.05, 4.69) is 0 Å². The van der Waals surface area contributed by atoms with Crippen LogP contribution in [0.5, 0.6) is 17.2 Å². The minimum Gasteiger partial charge on any atom is -0.493 e. The van der Waals surface area contributed by atoms with Gasteiger partial charge < -0.3 is 19.3 Å². The summed E-state index contributed by atoms with van der Waals surface area (Å²) in [7, 11) is 1.39. The minimum atomic E-state index is -1.11. The van der Waals surface area contributed by atoms with Crippen LogP contribution in [0, 0.1) is 5.82 Å². The molecule has 0 aromatic heterocycles. The molecular weight excluding hydrogens is 327 g/mol. The van der Waals surface area contributed by atoms with Crippen molar-refractivity contribution in [1.82, 2.24) is 0 Å². The number of aromatic carboxylic acids is 1. The third kappa shape index (κ3) is 4.50. The lowest BCUT2D eigenvalue weighted by Gasteiger charge is -2.13. The molecule has 0 spiro atoms. The van der Waals surface area contributed by atoms with Gasteiger partial charge in [0.2, 0.25) is 0 Å². The number of carbonyl (C=O) groups is 1. The fourth-order valence-electron chi connectivity index (χ4n) is 1.82. The maximum atomic E-state index is 12.8. The Kier molecular flexibility index (Phi) is 5.65. The van der Waals surface area contributed by atoms with Gasteiger partial charge in [-0.1, -0.05) is 11.6 Å². The van der Waals surface area contributed by atoms with Gasteiger partial charge in [-0.05, 0) is 36.4 Å². The van der Waals surface area contributed by atoms with Crippen LogP contribution in [0.15, 0.2) is 36.4 Å². The number of methoxy groups -OCH3 is 1. The Morgan fingerprint density at radius 2 is 1.83 bits per heavy atom. The topological polar surface area (TPSA) is 65.0 Å². The molecule has 0 atom stereocenters. The molecule has 0 aliphatic heterocycles. The molecule has 1 N–H and O–H groups in total. The average Bonchev–Trinajstić information content (AvgIpc) is 2.53. The second-order valence-corrected chi connectivity index (χ2v) is 4.85. The summed E-state index contributed by atoms with van der Waals surface area (Å²) >= 11 is 6.02. The van der Waals surface area contributed by atoms with Crippen LogP contribution in [0.2, 0.25) is 5.02 Å². The molecule has 0 bridgehead atoms. The van der Waals surface area contributed by atoms with Gasteiger partial charge in [-0.2, -0.15) is 0 Å². The Balaban J connectivity index is 1.97. The van der Waals surface area contributed by atoms with Crippen LogP contribution < -0.4 is 14.2 Å². The lowest BCUT2D eigenvalue weighted by molar-refractivity contribution is 0.0696. The van der Waals surface area contributed by atoms with Crippen molar-refractivity contribution in [1.29, 1.82) is 0 Å². The van der Waals surface area contributed by atoms with Gasteiger partial charge in [0.1, 0.15) is 24.8 Å². The van der Waals surface area contributed by atoms with Gasteiger partial charge in [-0.25, -0.2) is 9.18 Å². The fourth-order valence-corrected chi connectivity index (χ4v) is 2.08. The van der Waals surface area contributed by atoms with Crippen molar-refractivity contribution in [3.8, 4) is 17.2 Å². The molecule has 2 rings (SSSR count). The van der Waals surface area contributed by atoms with Gasteiger partial charge in [0.15, 0.2) is 11.5 Å². The van der Waals surface area contributed by atoms with Crippen molar-refractivity contribution in [3.63, 3.8) is 0 Å². The van der Waals surface area contributed by atoms with E-state index in [1.54, 1.807) is 0 Å². The fraction of sp³-hybridized carbons (Fsp3) is 0.188. The maximum absolute atomic E-state index is 12.8. The summed E-state index contributed by atoms with van der Waals surface area (Å²) in [6, 6.07) is 8.20. The first-order valence-corrected chi connectivity index (χ1v) is 7.01. The van der Waals surface area contributed by atoms with Crippen molar-refractivity contribution in [2.45, 2.75) is 0 Å². The summed E-state index contributed by atoms with van der Waals surface area (Å²) in [6.45, 7) is 0.353. The number of hydrogen-bond donors (Lipinski definition) is 1. The van der Waals surface area contributed by atoms with Crippen molar-refractivity contribution >= 4 is 17.6 Å². The Morgan fingerprint density at radius 3 is 2.43 bits per heavy atom. The van der Waals surface area contributed by atoms with Crippen LogP contribution in [0.25, 0.3) is 0 Å². The molecule has 122 valence electrons. The summed E-state index contributed by atoms with van der Waals surface area (Å²) in [6.07, 6.45) is 0. The summed E-state index contributed by atoms with van der Waals surface area (Å²) in [5.41, 5.74) is 0.00163. The molecule has 23 heavy (non-hydrogen) atoms. The largest absolute Gasteiger partial charge is 0.493 e. The second kappa shape index (κ2) is 7.69. The van der Waals surface area contributed by atoms with E-state index in [0.717, 1.165) is 0 Å². The molecule has 0 saturated heterocycles. The van der Waals surface area contributed by atoms with Gasteiger partial charge in [0, 0.05) is 0 Å². The van der Waals surface area contributed by atoms with Crippen molar-refractivity contribution in [2.75, 3.05) is 20.3 Å². The number of carboxylic acids is 1. The van der Waals surface area contributed by atoms with E-state index in [-0.39, 0.29) is 41.1 Å². The van der Waals surface area contributed by atoms with E-state index in [4.69, 9.17) is 30.9 Å². The van der Waals surface area contributed by atoms with Crippen LogP contribution in [0.1, 0.15) is 10.4 Å². The van der Waals surface area contributed by atoms with Crippen molar-refractivity contribution in [3.05, 3.63) is 52.8 Å². The van der Waals surface area contributed by atoms with E-state index in [9.17, 15) is 9.18 Å². The molecule has 0 aliphatic rings. The molecule has 0 radical (unpaired) electrons. The van der Waals surface area contributed by atoms with E-state index >= 15 is 0 Å². The number of rotatable bonds is 7. The molecule has 0 amide bonds. The standard InChI is InChI=1S/C16H14ClFO5/c1-21-14-9-10(16(19)20)8-13(17)15(14)23-7-6-22-12-4-2-11(18)3-5-12/h2-5,8-9H,6-7H2,1H3,(H,19,20). The van der Waals surface area contributed by atoms with Gasteiger partial charge >= 0.3 is 5.97 Å². The van der Waals surface area contributed by atoms with E-state index in [1.807, 2.05) is 0 Å². The van der Waals surface area contributed by atoms with Crippen LogP contribution in [-0.2, 0) is 0 Å². The lowest BCUT2D eigenvalue weighted by Crippen LogP contribution is -2.10. The summed E-state index contributed by atoms with van der Waals surface area (Å²) < 4.78 is 28.7. The van der Waals surface area contributed by atoms with Gasteiger partial charge in [-0.15, -0.1) is 0 Å². The molecule has 7 heteroatoms. The third-order valence-corrected chi connectivity index (χ3v) is 3.17. The van der Waals surface area contributed by atoms with Crippen LogP contribution in [0.4, 0.5) is 4.39 Å². The van der Waals surface area contributed by atoms with Crippen molar-refractivity contribution in [2.24, 2.45) is 0 Å². The van der Waals surface area contributed by atoms with Gasteiger partial charge in [0.25, 0.3) is 0 Å². The van der Waals surface area contributed by atoms with Crippen LogP contribution >= 0.6 is 11.6 Å². The first-order valence-electron chi connectivity index (χ1n) is 6.63. The maximum Gasteiger partial charge on any atom is 0.335 e. The number of ether oxygens (including phenoxy) is 3. The molecule has 0 unspecified atom stereocenters. The molecular formula is C16H14ClFO5. The first-order chi connectivity index (χ1) is 11.0. The van der Waals surface area contributed by atoms with Gasteiger partial charge in [0.05, 0.1) is 17.7 Å². The SMILES string of the molecule is COc1cc(C(=O)O)cc(Cl)c1OCCOc1ccc(F)cc1. The van der Waals surface area contributed by atoms with Crippen molar-refractivity contribution < 1.29 is 28.5 Å². The molecule has 0 fully saturated rings. The molecule has 5 nitrogen and oxygen atoms in total. The Labute approximate surface area is 137 Å². The molecule has 2 aromatic carbocycles. The molecule has 0 heterocycles. The quantitative estimate of drug-likeness (QED) is 0.779. The smallest absolute Gasteiger partial charge is 0.335 e. The average molecular weight is 341 g/mol. The van der Waals surface area contributed by atoms with E-state index in [0.29, 0.717) is 5.75 Å². The molecule has 0 saturated carbocycles. The summed E-state index contributed by atoms with van der Waals surface area (Å²) in [4.78, 5) is 11.0. The molecule has 2 aromatic rings. The Bertz CT molecular complexity index is 688. The zero-order valence-corrected chi connectivity index (χ0v) is 13.0. The predicted octanol–water partition coefficient (Wildman–Crippen LogP) is 3.64. The second-order valence-electron chi connectivity index (χ2n) is 4.45. The number of hydrogen-bond acceptors (Lipinski definition) is 4. The van der Waals surface area contributed by atoms with Crippen LogP contribution in [-0.4, -0.2) is 31.4 Å². The van der Waals surface area contributed by atoms with Gasteiger partial charge in [-0.3, -0.25) is 0 Å². The minimum absolute atomic E-state index is 0.00163. The first kappa shape index (κ1) is 16.9. The Morgan fingerprint density at radius 1 is 1.17 bits per heavy atom. The van der Waals surface area contributed by atoms with E-state index in [1.165, 1.54) is 43.5 Å². The highest BCUT2D eigenvalue weighted by molar-refractivity contribution is 6.32. The lowest BCUT2D eigenvalue weighted by atomic mass is 10.2. The van der Waals surface area contributed by atoms with Crippen LogP contribution in [0.3, 0.4) is 0 Å². The highest BCUT2D eigenvalue weighted by Gasteiger charge is 2.15. The summed E-state index contributed by atoms with van der Waals surface area (Å²) in [5.74, 6) is -0.493. The number of benzene rings is 2. The zero-order chi connectivity index (χ0) is 16.8. The molecule has 0 aliphatic carbocycles. The third-order valence-electron chi connectivity index (χ3n) is 2.89. The number of carboxylic acid groups (broad SMARTS) is 1. The Hall–Kier alpha value is -2.47.